The van der Waals surface area contributed by atoms with Crippen LogP contribution in [0.4, 0.5) is 0 Å². The van der Waals surface area contributed by atoms with E-state index in [9.17, 15) is 9.59 Å². The Morgan fingerprint density at radius 3 is 2.24 bits per heavy atom. The predicted molar refractivity (Wildman–Crippen MR) is 86.2 cm³/mol. The summed E-state index contributed by atoms with van der Waals surface area (Å²) in [7, 11) is 1.57. The van der Waals surface area contributed by atoms with E-state index in [4.69, 9.17) is 5.73 Å². The highest BCUT2D eigenvalue weighted by Crippen LogP contribution is 2.15. The van der Waals surface area contributed by atoms with Crippen LogP contribution in [0.15, 0.2) is 24.3 Å². The average Bonchev–Trinajstić information content (AvgIpc) is 2.43. The Labute approximate surface area is 132 Å². The van der Waals surface area contributed by atoms with Gasteiger partial charge < -0.3 is 16.4 Å². The van der Waals surface area contributed by atoms with E-state index in [0.29, 0.717) is 0 Å². The lowest BCUT2D eigenvalue weighted by Crippen LogP contribution is -2.45. The Kier molecular flexibility index (Phi) is 7.39. The van der Waals surface area contributed by atoms with Gasteiger partial charge in [0, 0.05) is 13.6 Å². The van der Waals surface area contributed by atoms with Crippen LogP contribution >= 0.6 is 12.4 Å². The van der Waals surface area contributed by atoms with Gasteiger partial charge in [-0.1, -0.05) is 29.8 Å². The molecule has 0 saturated carbocycles. The zero-order valence-electron chi connectivity index (χ0n) is 12.9. The highest BCUT2D eigenvalue weighted by atomic mass is 35.5. The summed E-state index contributed by atoms with van der Waals surface area (Å²) in [5.74, 6) is -0.410. The molecule has 0 saturated heterocycles. The predicted octanol–water partition coefficient (Wildman–Crippen LogP) is 1.31. The molecule has 0 heterocycles. The maximum atomic E-state index is 12.0. The summed E-state index contributed by atoms with van der Waals surface area (Å²) >= 11 is 0. The molecule has 0 radical (unpaired) electrons. The van der Waals surface area contributed by atoms with Gasteiger partial charge >= 0.3 is 0 Å². The van der Waals surface area contributed by atoms with Crippen LogP contribution < -0.4 is 16.4 Å². The maximum absolute atomic E-state index is 12.0. The Bertz CT molecular complexity index is 486. The van der Waals surface area contributed by atoms with Crippen molar-refractivity contribution in [2.24, 2.45) is 11.1 Å². The molecule has 118 valence electrons. The number of amides is 2. The van der Waals surface area contributed by atoms with Crippen molar-refractivity contribution in [3.05, 3.63) is 35.4 Å². The molecular weight excluding hydrogens is 290 g/mol. The number of nitrogens with two attached hydrogens (primary N) is 1. The van der Waals surface area contributed by atoms with E-state index in [0.717, 1.165) is 11.1 Å². The minimum Gasteiger partial charge on any atom is -0.359 e. The van der Waals surface area contributed by atoms with Gasteiger partial charge in [-0.05, 0) is 26.3 Å². The molecule has 1 unspecified atom stereocenters. The first-order valence-electron chi connectivity index (χ1n) is 6.60. The van der Waals surface area contributed by atoms with E-state index in [1.54, 1.807) is 20.9 Å². The van der Waals surface area contributed by atoms with Gasteiger partial charge in [-0.3, -0.25) is 9.59 Å². The highest BCUT2D eigenvalue weighted by molar-refractivity contribution is 5.86. The number of nitrogens with one attached hydrogen (secondary N) is 2. The van der Waals surface area contributed by atoms with E-state index in [2.05, 4.69) is 10.6 Å². The van der Waals surface area contributed by atoms with Gasteiger partial charge in [-0.2, -0.15) is 0 Å². The van der Waals surface area contributed by atoms with Gasteiger partial charge in [0.1, 0.15) is 6.04 Å². The molecule has 1 aromatic rings. The van der Waals surface area contributed by atoms with Crippen molar-refractivity contribution in [1.82, 2.24) is 10.6 Å². The monoisotopic (exact) mass is 313 g/mol. The summed E-state index contributed by atoms with van der Waals surface area (Å²) in [4.78, 5) is 23.6. The molecule has 2 amide bonds. The van der Waals surface area contributed by atoms with Crippen molar-refractivity contribution in [3.63, 3.8) is 0 Å². The Balaban J connectivity index is 0.00000400. The summed E-state index contributed by atoms with van der Waals surface area (Å²) in [6.07, 6.45) is 0. The lowest BCUT2D eigenvalue weighted by molar-refractivity contribution is -0.129. The topological polar surface area (TPSA) is 84.2 Å². The number of aryl methyl sites for hydroxylation is 1. The zero-order valence-corrected chi connectivity index (χ0v) is 13.7. The summed E-state index contributed by atoms with van der Waals surface area (Å²) in [5, 5.41) is 5.30. The fourth-order valence-electron chi connectivity index (χ4n) is 1.76. The Hall–Kier alpha value is -1.59. The third kappa shape index (κ3) is 5.36. The van der Waals surface area contributed by atoms with Crippen LogP contribution in [0.1, 0.15) is 31.0 Å². The van der Waals surface area contributed by atoms with Gasteiger partial charge in [0.2, 0.25) is 11.8 Å². The van der Waals surface area contributed by atoms with E-state index >= 15 is 0 Å². The average molecular weight is 314 g/mol. The first kappa shape index (κ1) is 19.4. The van der Waals surface area contributed by atoms with Crippen molar-refractivity contribution in [1.29, 1.82) is 0 Å². The summed E-state index contributed by atoms with van der Waals surface area (Å²) in [6.45, 7) is 5.75. The van der Waals surface area contributed by atoms with E-state index in [-0.39, 0.29) is 30.8 Å². The normalized spacial score (nSPS) is 12.0. The van der Waals surface area contributed by atoms with Crippen LogP contribution in [0.2, 0.25) is 0 Å². The molecule has 1 rings (SSSR count). The van der Waals surface area contributed by atoms with Crippen molar-refractivity contribution in [2.45, 2.75) is 26.8 Å². The van der Waals surface area contributed by atoms with Crippen molar-refractivity contribution in [2.75, 3.05) is 13.6 Å². The molecule has 0 fully saturated rings. The van der Waals surface area contributed by atoms with Crippen molar-refractivity contribution in [3.8, 4) is 0 Å². The second kappa shape index (κ2) is 8.00. The first-order chi connectivity index (χ1) is 9.27. The molecule has 21 heavy (non-hydrogen) atoms. The third-order valence-electron chi connectivity index (χ3n) is 3.27. The molecule has 0 aliphatic carbocycles. The van der Waals surface area contributed by atoms with E-state index in [1.165, 1.54) is 0 Å². The molecule has 1 atom stereocenters. The van der Waals surface area contributed by atoms with Gasteiger partial charge in [-0.25, -0.2) is 0 Å². The number of rotatable bonds is 5. The van der Waals surface area contributed by atoms with Crippen molar-refractivity contribution < 1.29 is 9.59 Å². The molecule has 0 bridgehead atoms. The summed E-state index contributed by atoms with van der Waals surface area (Å²) in [6, 6.07) is 6.77. The summed E-state index contributed by atoms with van der Waals surface area (Å²) < 4.78 is 0. The second-order valence-corrected chi connectivity index (χ2v) is 5.57. The number of benzene rings is 1. The molecule has 0 spiro atoms. The van der Waals surface area contributed by atoms with Gasteiger partial charge in [0.25, 0.3) is 0 Å². The van der Waals surface area contributed by atoms with E-state index < -0.39 is 11.5 Å². The number of hydrogen-bond donors (Lipinski definition) is 3. The fourth-order valence-corrected chi connectivity index (χ4v) is 1.76. The standard InChI is InChI=1S/C15H23N3O2.ClH/c1-10-5-7-11(8-6-10)12(16)13(19)18-9-15(2,3)14(20)17-4;/h5-8,12H,9,16H2,1-4H3,(H,17,20)(H,18,19);1H. The van der Waals surface area contributed by atoms with Crippen LogP contribution in [0.3, 0.4) is 0 Å². The number of halogens is 1. The van der Waals surface area contributed by atoms with Crippen LogP contribution in [0.5, 0.6) is 0 Å². The molecule has 0 aromatic heterocycles. The van der Waals surface area contributed by atoms with Gasteiger partial charge in [0.05, 0.1) is 5.41 Å². The highest BCUT2D eigenvalue weighted by Gasteiger charge is 2.28. The minimum absolute atomic E-state index is 0. The van der Waals surface area contributed by atoms with Gasteiger partial charge in [0.15, 0.2) is 0 Å². The van der Waals surface area contributed by atoms with E-state index in [1.807, 2.05) is 31.2 Å². The Morgan fingerprint density at radius 1 is 1.24 bits per heavy atom. The lowest BCUT2D eigenvalue weighted by atomic mass is 9.92. The number of carbonyl (C=O) groups excluding carboxylic acids is 2. The molecular formula is C15H24ClN3O2. The lowest BCUT2D eigenvalue weighted by Gasteiger charge is -2.24. The summed E-state index contributed by atoms with van der Waals surface area (Å²) in [5.41, 5.74) is 7.11. The fraction of sp³-hybridized carbons (Fsp3) is 0.467. The molecule has 6 heteroatoms. The zero-order chi connectivity index (χ0) is 15.3. The number of carbonyl (C=O) groups is 2. The van der Waals surface area contributed by atoms with Crippen LogP contribution in [-0.4, -0.2) is 25.4 Å². The molecule has 5 nitrogen and oxygen atoms in total. The SMILES string of the molecule is CNC(=O)C(C)(C)CNC(=O)C(N)c1ccc(C)cc1.Cl. The van der Waals surface area contributed by atoms with Crippen LogP contribution in [0, 0.1) is 12.3 Å². The van der Waals surface area contributed by atoms with Crippen molar-refractivity contribution >= 4 is 24.2 Å². The quantitative estimate of drug-likeness (QED) is 0.766. The maximum Gasteiger partial charge on any atom is 0.241 e. The Morgan fingerprint density at radius 2 is 1.76 bits per heavy atom. The third-order valence-corrected chi connectivity index (χ3v) is 3.27. The second-order valence-electron chi connectivity index (χ2n) is 5.57. The smallest absolute Gasteiger partial charge is 0.241 e. The first-order valence-corrected chi connectivity index (χ1v) is 6.60. The molecule has 1 aromatic carbocycles. The molecule has 0 aliphatic rings. The molecule has 4 N–H and O–H groups in total. The largest absolute Gasteiger partial charge is 0.359 e. The number of hydrogen-bond acceptors (Lipinski definition) is 3. The van der Waals surface area contributed by atoms with Gasteiger partial charge in [-0.15, -0.1) is 12.4 Å². The minimum atomic E-state index is -0.726. The van der Waals surface area contributed by atoms with Crippen LogP contribution in [-0.2, 0) is 9.59 Å². The molecule has 0 aliphatic heterocycles. The van der Waals surface area contributed by atoms with Crippen LogP contribution in [0.25, 0.3) is 0 Å².